The summed E-state index contributed by atoms with van der Waals surface area (Å²) in [6.45, 7) is 2.58. The van der Waals surface area contributed by atoms with Crippen LogP contribution in [0, 0.1) is 17.8 Å². The van der Waals surface area contributed by atoms with E-state index in [1.165, 1.54) is 0 Å². The lowest BCUT2D eigenvalue weighted by atomic mass is 9.76. The van der Waals surface area contributed by atoms with Crippen molar-refractivity contribution in [2.75, 3.05) is 6.54 Å². The number of nitrogens with two attached hydrogens (primary N) is 1. The molecule has 0 aromatic carbocycles. The Bertz CT molecular complexity index is 385. The van der Waals surface area contributed by atoms with Crippen LogP contribution in [0.15, 0.2) is 0 Å². The average Bonchev–Trinajstić information content (AvgIpc) is 2.84. The summed E-state index contributed by atoms with van der Waals surface area (Å²) >= 11 is 0. The fourth-order valence-corrected chi connectivity index (χ4v) is 3.80. The lowest BCUT2D eigenvalue weighted by Crippen LogP contribution is -2.57. The van der Waals surface area contributed by atoms with Gasteiger partial charge in [0.05, 0.1) is 11.5 Å². The van der Waals surface area contributed by atoms with Gasteiger partial charge in [-0.05, 0) is 37.5 Å². The molecule has 4 N–H and O–H groups in total. The number of aliphatic carboxylic acids is 1. The van der Waals surface area contributed by atoms with Crippen LogP contribution in [0.4, 0.5) is 0 Å². The highest BCUT2D eigenvalue weighted by Crippen LogP contribution is 2.33. The van der Waals surface area contributed by atoms with E-state index in [0.717, 1.165) is 44.9 Å². The van der Waals surface area contributed by atoms with Crippen molar-refractivity contribution in [1.82, 2.24) is 5.32 Å². The molecule has 0 radical (unpaired) electrons. The maximum atomic E-state index is 12.3. The number of amides is 1. The summed E-state index contributed by atoms with van der Waals surface area (Å²) in [5, 5.41) is 12.1. The molecule has 5 heteroatoms. The second kappa shape index (κ2) is 6.12. The molecule has 4 atom stereocenters. The van der Waals surface area contributed by atoms with Crippen molar-refractivity contribution in [1.29, 1.82) is 0 Å². The Balaban J connectivity index is 1.87. The highest BCUT2D eigenvalue weighted by molar-refractivity contribution is 5.86. The molecule has 114 valence electrons. The SMILES string of the molecule is CC1CCCC(N)(C(=O)NCC2CCCC2C(=O)O)C1. The van der Waals surface area contributed by atoms with Crippen LogP contribution in [-0.2, 0) is 9.59 Å². The van der Waals surface area contributed by atoms with Crippen molar-refractivity contribution in [3.05, 3.63) is 0 Å². The van der Waals surface area contributed by atoms with Crippen LogP contribution in [-0.4, -0.2) is 29.1 Å². The Hall–Kier alpha value is -1.10. The van der Waals surface area contributed by atoms with Gasteiger partial charge in [0.25, 0.3) is 0 Å². The zero-order chi connectivity index (χ0) is 14.8. The molecule has 2 aliphatic carbocycles. The molecule has 20 heavy (non-hydrogen) atoms. The van der Waals surface area contributed by atoms with Crippen LogP contribution in [0.3, 0.4) is 0 Å². The predicted molar refractivity (Wildman–Crippen MR) is 76.0 cm³/mol. The van der Waals surface area contributed by atoms with Crippen LogP contribution in [0.1, 0.15) is 51.9 Å². The molecule has 0 heterocycles. The Labute approximate surface area is 120 Å². The quantitative estimate of drug-likeness (QED) is 0.728. The highest BCUT2D eigenvalue weighted by Gasteiger charge is 2.39. The van der Waals surface area contributed by atoms with E-state index in [4.69, 9.17) is 10.8 Å². The third kappa shape index (κ3) is 3.32. The number of nitrogens with one attached hydrogen (secondary N) is 1. The fraction of sp³-hybridized carbons (Fsp3) is 0.867. The lowest BCUT2D eigenvalue weighted by molar-refractivity contribution is -0.143. The van der Waals surface area contributed by atoms with E-state index in [1.807, 2.05) is 0 Å². The molecule has 0 aliphatic heterocycles. The third-order valence-electron chi connectivity index (χ3n) is 4.99. The molecule has 2 saturated carbocycles. The Morgan fingerprint density at radius 3 is 2.70 bits per heavy atom. The molecule has 0 bridgehead atoms. The smallest absolute Gasteiger partial charge is 0.306 e. The van der Waals surface area contributed by atoms with Crippen molar-refractivity contribution in [2.45, 2.75) is 57.4 Å². The van der Waals surface area contributed by atoms with Gasteiger partial charge in [-0.1, -0.05) is 26.2 Å². The van der Waals surface area contributed by atoms with E-state index < -0.39 is 11.5 Å². The first kappa shape index (κ1) is 15.3. The van der Waals surface area contributed by atoms with Crippen molar-refractivity contribution >= 4 is 11.9 Å². The molecular weight excluding hydrogens is 256 g/mol. The van der Waals surface area contributed by atoms with Gasteiger partial charge >= 0.3 is 5.97 Å². The van der Waals surface area contributed by atoms with Gasteiger partial charge in [0.15, 0.2) is 0 Å². The summed E-state index contributed by atoms with van der Waals surface area (Å²) in [6.07, 6.45) is 6.12. The maximum absolute atomic E-state index is 12.3. The van der Waals surface area contributed by atoms with E-state index >= 15 is 0 Å². The first-order valence-corrected chi connectivity index (χ1v) is 7.72. The molecule has 2 aliphatic rings. The van der Waals surface area contributed by atoms with E-state index in [2.05, 4.69) is 12.2 Å². The summed E-state index contributed by atoms with van der Waals surface area (Å²) in [7, 11) is 0. The number of hydrogen-bond acceptors (Lipinski definition) is 3. The average molecular weight is 282 g/mol. The van der Waals surface area contributed by atoms with Crippen LogP contribution in [0.5, 0.6) is 0 Å². The van der Waals surface area contributed by atoms with Gasteiger partial charge in [0.1, 0.15) is 0 Å². The molecule has 1 amide bonds. The van der Waals surface area contributed by atoms with Gasteiger partial charge in [0, 0.05) is 6.54 Å². The van der Waals surface area contributed by atoms with Gasteiger partial charge in [-0.25, -0.2) is 0 Å². The van der Waals surface area contributed by atoms with E-state index in [1.54, 1.807) is 0 Å². The fourth-order valence-electron chi connectivity index (χ4n) is 3.80. The topological polar surface area (TPSA) is 92.4 Å². The number of rotatable bonds is 4. The van der Waals surface area contributed by atoms with E-state index in [-0.39, 0.29) is 17.7 Å². The summed E-state index contributed by atoms with van der Waals surface area (Å²) in [5.74, 6) is -0.608. The summed E-state index contributed by atoms with van der Waals surface area (Å²) in [5.41, 5.74) is 5.49. The van der Waals surface area contributed by atoms with E-state index in [0.29, 0.717) is 12.5 Å². The van der Waals surface area contributed by atoms with Crippen LogP contribution < -0.4 is 11.1 Å². The summed E-state index contributed by atoms with van der Waals surface area (Å²) < 4.78 is 0. The standard InChI is InChI=1S/C15H26N2O3/c1-10-4-3-7-15(16,8-10)14(20)17-9-11-5-2-6-12(11)13(18)19/h10-12H,2-9,16H2,1H3,(H,17,20)(H,18,19). The first-order valence-electron chi connectivity index (χ1n) is 7.72. The molecule has 4 unspecified atom stereocenters. The number of carbonyl (C=O) groups excluding carboxylic acids is 1. The number of carboxylic acids is 1. The van der Waals surface area contributed by atoms with Gasteiger partial charge in [-0.2, -0.15) is 0 Å². The van der Waals surface area contributed by atoms with Crippen LogP contribution in [0.2, 0.25) is 0 Å². The Morgan fingerprint density at radius 1 is 1.30 bits per heavy atom. The lowest BCUT2D eigenvalue weighted by Gasteiger charge is -2.35. The maximum Gasteiger partial charge on any atom is 0.306 e. The molecular formula is C15H26N2O3. The highest BCUT2D eigenvalue weighted by atomic mass is 16.4. The van der Waals surface area contributed by atoms with Gasteiger partial charge in [-0.3, -0.25) is 9.59 Å². The van der Waals surface area contributed by atoms with Crippen molar-refractivity contribution in [3.63, 3.8) is 0 Å². The minimum absolute atomic E-state index is 0.0565. The normalized spacial score (nSPS) is 37.6. The van der Waals surface area contributed by atoms with Crippen molar-refractivity contribution in [3.8, 4) is 0 Å². The van der Waals surface area contributed by atoms with E-state index in [9.17, 15) is 9.59 Å². The van der Waals surface area contributed by atoms with Gasteiger partial charge in [-0.15, -0.1) is 0 Å². The minimum Gasteiger partial charge on any atom is -0.481 e. The monoisotopic (exact) mass is 282 g/mol. The second-order valence-corrected chi connectivity index (χ2v) is 6.70. The Morgan fingerprint density at radius 2 is 2.05 bits per heavy atom. The zero-order valence-electron chi connectivity index (χ0n) is 12.2. The van der Waals surface area contributed by atoms with Crippen LogP contribution >= 0.6 is 0 Å². The molecule has 5 nitrogen and oxygen atoms in total. The minimum atomic E-state index is -0.755. The molecule has 0 saturated heterocycles. The van der Waals surface area contributed by atoms with Crippen LogP contribution in [0.25, 0.3) is 0 Å². The Kier molecular flexibility index (Phi) is 4.68. The molecule has 0 aromatic heterocycles. The number of hydrogen-bond donors (Lipinski definition) is 3. The summed E-state index contributed by atoms with van der Waals surface area (Å²) in [6, 6.07) is 0. The number of carboxylic acid groups (broad SMARTS) is 1. The number of carbonyl (C=O) groups is 2. The second-order valence-electron chi connectivity index (χ2n) is 6.70. The summed E-state index contributed by atoms with van der Waals surface area (Å²) in [4.78, 5) is 23.4. The first-order chi connectivity index (χ1) is 9.42. The third-order valence-corrected chi connectivity index (χ3v) is 4.99. The van der Waals surface area contributed by atoms with Crippen molar-refractivity contribution < 1.29 is 14.7 Å². The van der Waals surface area contributed by atoms with Gasteiger partial charge < -0.3 is 16.2 Å². The van der Waals surface area contributed by atoms with Crippen molar-refractivity contribution in [2.24, 2.45) is 23.5 Å². The molecule has 0 aromatic rings. The molecule has 2 rings (SSSR count). The molecule has 2 fully saturated rings. The molecule has 0 spiro atoms. The zero-order valence-corrected chi connectivity index (χ0v) is 12.2. The largest absolute Gasteiger partial charge is 0.481 e. The predicted octanol–water partition coefficient (Wildman–Crippen LogP) is 1.51. The van der Waals surface area contributed by atoms with Gasteiger partial charge in [0.2, 0.25) is 5.91 Å².